The first kappa shape index (κ1) is 8.80. The summed E-state index contributed by atoms with van der Waals surface area (Å²) in [7, 11) is 0. The number of carboxylic acids is 1. The van der Waals surface area contributed by atoms with Crippen molar-refractivity contribution in [2.24, 2.45) is 5.73 Å². The van der Waals surface area contributed by atoms with Crippen molar-refractivity contribution < 1.29 is 14.3 Å². The van der Waals surface area contributed by atoms with Crippen molar-refractivity contribution >= 4 is 5.97 Å². The predicted molar refractivity (Wildman–Crippen MR) is 42.7 cm³/mol. The van der Waals surface area contributed by atoms with Crippen molar-refractivity contribution in [2.75, 3.05) is 0 Å². The van der Waals surface area contributed by atoms with E-state index in [-0.39, 0.29) is 0 Å². The van der Waals surface area contributed by atoms with Gasteiger partial charge in [-0.25, -0.2) is 0 Å². The van der Waals surface area contributed by atoms with E-state index >= 15 is 0 Å². The molecule has 3 N–H and O–H groups in total. The summed E-state index contributed by atoms with van der Waals surface area (Å²) in [6.45, 7) is 3.53. The first-order valence-electron chi connectivity index (χ1n) is 3.57. The summed E-state index contributed by atoms with van der Waals surface area (Å²) in [5.74, 6) is -0.0633. The lowest BCUT2D eigenvalue weighted by Crippen LogP contribution is -2.20. The van der Waals surface area contributed by atoms with Crippen LogP contribution < -0.4 is 5.73 Å². The molecule has 4 heteroatoms. The fourth-order valence-electron chi connectivity index (χ4n) is 1.08. The summed E-state index contributed by atoms with van der Waals surface area (Å²) in [5.41, 5.74) is 6.14. The number of aryl methyl sites for hydroxylation is 2. The minimum Gasteiger partial charge on any atom is -0.480 e. The van der Waals surface area contributed by atoms with E-state index in [0.29, 0.717) is 11.5 Å². The van der Waals surface area contributed by atoms with Crippen LogP contribution in [0.25, 0.3) is 0 Å². The van der Waals surface area contributed by atoms with Crippen molar-refractivity contribution in [2.45, 2.75) is 19.9 Å². The molecule has 66 valence electrons. The van der Waals surface area contributed by atoms with Gasteiger partial charge in [0.15, 0.2) is 6.04 Å². The van der Waals surface area contributed by atoms with Crippen LogP contribution in [0.5, 0.6) is 0 Å². The van der Waals surface area contributed by atoms with E-state index < -0.39 is 12.0 Å². The summed E-state index contributed by atoms with van der Waals surface area (Å²) in [5, 5.41) is 8.58. The lowest BCUT2D eigenvalue weighted by atomic mass is 10.1. The van der Waals surface area contributed by atoms with Crippen LogP contribution in [0.15, 0.2) is 10.5 Å². The van der Waals surface area contributed by atoms with Crippen LogP contribution in [-0.4, -0.2) is 11.1 Å². The van der Waals surface area contributed by atoms with Gasteiger partial charge in [-0.2, -0.15) is 0 Å². The summed E-state index contributed by atoms with van der Waals surface area (Å²) in [6.07, 6.45) is 0. The molecule has 1 rings (SSSR count). The zero-order valence-corrected chi connectivity index (χ0v) is 7.00. The zero-order chi connectivity index (χ0) is 9.30. The van der Waals surface area contributed by atoms with Crippen molar-refractivity contribution in [1.29, 1.82) is 0 Å². The van der Waals surface area contributed by atoms with E-state index in [9.17, 15) is 4.79 Å². The van der Waals surface area contributed by atoms with Gasteiger partial charge < -0.3 is 15.3 Å². The van der Waals surface area contributed by atoms with Gasteiger partial charge in [-0.1, -0.05) is 0 Å². The number of aliphatic carboxylic acids is 1. The number of nitrogens with two attached hydrogens (primary N) is 1. The fraction of sp³-hybridized carbons (Fsp3) is 0.375. The molecule has 0 amide bonds. The summed E-state index contributed by atoms with van der Waals surface area (Å²) >= 11 is 0. The molecule has 0 saturated carbocycles. The highest BCUT2D eigenvalue weighted by Crippen LogP contribution is 2.19. The highest BCUT2D eigenvalue weighted by atomic mass is 16.4. The van der Waals surface area contributed by atoms with Crippen LogP contribution in [0.4, 0.5) is 0 Å². The van der Waals surface area contributed by atoms with Crippen molar-refractivity contribution in [3.05, 3.63) is 23.2 Å². The molecule has 1 aromatic rings. The van der Waals surface area contributed by atoms with E-state index in [1.54, 1.807) is 19.9 Å². The first-order chi connectivity index (χ1) is 5.52. The standard InChI is InChI=1S/C8H11NO3/c1-4-3-5(2)12-7(4)6(9)8(10)11/h3,6H,9H2,1-2H3,(H,10,11). The largest absolute Gasteiger partial charge is 0.480 e. The van der Waals surface area contributed by atoms with E-state index in [2.05, 4.69) is 0 Å². The Morgan fingerprint density at radius 2 is 2.25 bits per heavy atom. The molecular weight excluding hydrogens is 158 g/mol. The van der Waals surface area contributed by atoms with Crippen molar-refractivity contribution in [1.82, 2.24) is 0 Å². The molecule has 0 aliphatic carbocycles. The fourth-order valence-corrected chi connectivity index (χ4v) is 1.08. The van der Waals surface area contributed by atoms with Crippen LogP contribution in [-0.2, 0) is 4.79 Å². The molecule has 0 aliphatic rings. The Kier molecular flexibility index (Phi) is 2.19. The van der Waals surface area contributed by atoms with Gasteiger partial charge in [0.05, 0.1) is 0 Å². The van der Waals surface area contributed by atoms with Gasteiger partial charge in [0.1, 0.15) is 11.5 Å². The molecule has 0 radical (unpaired) electrons. The Bertz CT molecular complexity index is 303. The highest BCUT2D eigenvalue weighted by molar-refractivity contribution is 5.74. The Morgan fingerprint density at radius 3 is 2.58 bits per heavy atom. The molecule has 1 unspecified atom stereocenters. The monoisotopic (exact) mass is 169 g/mol. The van der Waals surface area contributed by atoms with Gasteiger partial charge >= 0.3 is 5.97 Å². The second-order valence-corrected chi connectivity index (χ2v) is 2.72. The topological polar surface area (TPSA) is 76.5 Å². The Hall–Kier alpha value is -1.29. The van der Waals surface area contributed by atoms with Gasteiger partial charge in [0, 0.05) is 0 Å². The van der Waals surface area contributed by atoms with Gasteiger partial charge in [0.2, 0.25) is 0 Å². The van der Waals surface area contributed by atoms with Crippen LogP contribution in [0, 0.1) is 13.8 Å². The van der Waals surface area contributed by atoms with Gasteiger partial charge in [-0.05, 0) is 25.5 Å². The van der Waals surface area contributed by atoms with Crippen LogP contribution >= 0.6 is 0 Å². The van der Waals surface area contributed by atoms with Crippen LogP contribution in [0.2, 0.25) is 0 Å². The third-order valence-electron chi connectivity index (χ3n) is 1.63. The molecule has 0 fully saturated rings. The van der Waals surface area contributed by atoms with E-state index in [0.717, 1.165) is 5.56 Å². The lowest BCUT2D eigenvalue weighted by molar-refractivity contribution is -0.139. The Labute approximate surface area is 70.0 Å². The van der Waals surface area contributed by atoms with E-state index in [4.69, 9.17) is 15.3 Å². The second kappa shape index (κ2) is 2.98. The Balaban J connectivity index is 3.02. The third kappa shape index (κ3) is 1.48. The third-order valence-corrected chi connectivity index (χ3v) is 1.63. The lowest BCUT2D eigenvalue weighted by Gasteiger charge is -2.02. The number of carbonyl (C=O) groups is 1. The van der Waals surface area contributed by atoms with E-state index in [1.165, 1.54) is 0 Å². The highest BCUT2D eigenvalue weighted by Gasteiger charge is 2.20. The summed E-state index contributed by atoms with van der Waals surface area (Å²) in [6, 6.07) is 0.705. The Morgan fingerprint density at radius 1 is 1.67 bits per heavy atom. The number of carboxylic acid groups (broad SMARTS) is 1. The smallest absolute Gasteiger partial charge is 0.328 e. The van der Waals surface area contributed by atoms with Crippen molar-refractivity contribution in [3.63, 3.8) is 0 Å². The van der Waals surface area contributed by atoms with Gasteiger partial charge in [-0.3, -0.25) is 4.79 Å². The molecule has 4 nitrogen and oxygen atoms in total. The minimum absolute atomic E-state index is 0.333. The molecule has 0 spiro atoms. The molecule has 0 bridgehead atoms. The van der Waals surface area contributed by atoms with Crippen LogP contribution in [0.1, 0.15) is 23.1 Å². The van der Waals surface area contributed by atoms with Crippen molar-refractivity contribution in [3.8, 4) is 0 Å². The maximum atomic E-state index is 10.5. The van der Waals surface area contributed by atoms with Crippen LogP contribution in [0.3, 0.4) is 0 Å². The molecule has 12 heavy (non-hydrogen) atoms. The molecule has 1 aromatic heterocycles. The average Bonchev–Trinajstić information content (AvgIpc) is 2.28. The minimum atomic E-state index is -1.08. The molecule has 1 heterocycles. The molecule has 0 aromatic carbocycles. The summed E-state index contributed by atoms with van der Waals surface area (Å²) in [4.78, 5) is 10.5. The molecule has 0 saturated heterocycles. The second-order valence-electron chi connectivity index (χ2n) is 2.72. The quantitative estimate of drug-likeness (QED) is 0.691. The zero-order valence-electron chi connectivity index (χ0n) is 7.00. The predicted octanol–water partition coefficient (Wildman–Crippen LogP) is 0.981. The maximum absolute atomic E-state index is 10.5. The first-order valence-corrected chi connectivity index (χ1v) is 3.57. The van der Waals surface area contributed by atoms with Gasteiger partial charge in [-0.15, -0.1) is 0 Å². The average molecular weight is 169 g/mol. The number of rotatable bonds is 2. The molecule has 1 atom stereocenters. The molecular formula is C8H11NO3. The maximum Gasteiger partial charge on any atom is 0.328 e. The van der Waals surface area contributed by atoms with Gasteiger partial charge in [0.25, 0.3) is 0 Å². The number of hydrogen-bond donors (Lipinski definition) is 2. The van der Waals surface area contributed by atoms with E-state index in [1.807, 2.05) is 0 Å². The summed E-state index contributed by atoms with van der Waals surface area (Å²) < 4.78 is 5.13. The number of furan rings is 1. The normalized spacial score (nSPS) is 12.9. The molecule has 0 aliphatic heterocycles. The number of hydrogen-bond acceptors (Lipinski definition) is 3. The SMILES string of the molecule is Cc1cc(C)c(C(N)C(=O)O)o1.